The van der Waals surface area contributed by atoms with E-state index in [0.29, 0.717) is 6.54 Å². The molecule has 4 nitrogen and oxygen atoms in total. The Kier molecular flexibility index (Phi) is 5.10. The van der Waals surface area contributed by atoms with E-state index in [9.17, 15) is 4.79 Å². The third-order valence-electron chi connectivity index (χ3n) is 2.97. The van der Waals surface area contributed by atoms with E-state index in [1.807, 2.05) is 40.1 Å². The molecule has 0 aliphatic carbocycles. The van der Waals surface area contributed by atoms with E-state index in [0.717, 1.165) is 12.1 Å². The number of amides is 1. The van der Waals surface area contributed by atoms with Crippen molar-refractivity contribution in [2.24, 2.45) is 0 Å². The maximum absolute atomic E-state index is 11.8. The highest BCUT2D eigenvalue weighted by molar-refractivity contribution is 5.81. The average Bonchev–Trinajstić information content (AvgIpc) is 2.35. The van der Waals surface area contributed by atoms with Gasteiger partial charge in [-0.1, -0.05) is 0 Å². The van der Waals surface area contributed by atoms with Gasteiger partial charge >= 0.3 is 0 Å². The van der Waals surface area contributed by atoms with Gasteiger partial charge in [0.15, 0.2) is 0 Å². The highest BCUT2D eigenvalue weighted by atomic mass is 16.2. The molecule has 17 heavy (non-hydrogen) atoms. The van der Waals surface area contributed by atoms with E-state index >= 15 is 0 Å². The smallest absolute Gasteiger partial charge is 0.239 e. The van der Waals surface area contributed by atoms with Crippen molar-refractivity contribution in [3.05, 3.63) is 29.6 Å². The lowest BCUT2D eigenvalue weighted by Gasteiger charge is -2.20. The summed E-state index contributed by atoms with van der Waals surface area (Å²) in [6.45, 7) is 7.31. The minimum absolute atomic E-state index is 0.119. The van der Waals surface area contributed by atoms with Gasteiger partial charge in [-0.15, -0.1) is 0 Å². The molecule has 0 fully saturated rings. The molecule has 1 N–H and O–H groups in total. The highest BCUT2D eigenvalue weighted by Crippen LogP contribution is 2.04. The summed E-state index contributed by atoms with van der Waals surface area (Å²) in [7, 11) is 1.82. The van der Waals surface area contributed by atoms with Crippen molar-refractivity contribution in [3.63, 3.8) is 0 Å². The van der Waals surface area contributed by atoms with Crippen LogP contribution in [0.15, 0.2) is 18.5 Å². The Labute approximate surface area is 103 Å². The van der Waals surface area contributed by atoms with Crippen LogP contribution >= 0.6 is 0 Å². The third-order valence-corrected chi connectivity index (χ3v) is 2.97. The largest absolute Gasteiger partial charge is 0.345 e. The second-order valence-corrected chi connectivity index (χ2v) is 4.26. The van der Waals surface area contributed by atoms with Crippen molar-refractivity contribution in [1.29, 1.82) is 0 Å². The van der Waals surface area contributed by atoms with Crippen LogP contribution in [0.5, 0.6) is 0 Å². The number of aromatic nitrogens is 1. The molecular weight excluding hydrogens is 214 g/mol. The zero-order valence-electron chi connectivity index (χ0n) is 11.0. The van der Waals surface area contributed by atoms with Crippen LogP contribution in [0.1, 0.15) is 25.0 Å². The number of aryl methyl sites for hydroxylation is 1. The molecule has 1 rings (SSSR count). The molecule has 0 aliphatic heterocycles. The molecule has 1 heterocycles. The first kappa shape index (κ1) is 13.6. The van der Waals surface area contributed by atoms with E-state index in [-0.39, 0.29) is 11.9 Å². The second kappa shape index (κ2) is 6.35. The van der Waals surface area contributed by atoms with E-state index in [1.165, 1.54) is 5.56 Å². The predicted molar refractivity (Wildman–Crippen MR) is 68.6 cm³/mol. The molecule has 0 aliphatic rings. The lowest BCUT2D eigenvalue weighted by Crippen LogP contribution is -2.42. The zero-order valence-corrected chi connectivity index (χ0v) is 11.0. The fourth-order valence-electron chi connectivity index (χ4n) is 1.52. The average molecular weight is 235 g/mol. The maximum Gasteiger partial charge on any atom is 0.239 e. The highest BCUT2D eigenvalue weighted by Gasteiger charge is 2.15. The number of rotatable bonds is 5. The van der Waals surface area contributed by atoms with Crippen molar-refractivity contribution < 1.29 is 4.79 Å². The molecule has 1 aromatic rings. The molecular formula is C13H21N3O. The van der Waals surface area contributed by atoms with E-state index < -0.39 is 0 Å². The normalized spacial score (nSPS) is 12.2. The van der Waals surface area contributed by atoms with Crippen LogP contribution in [0.3, 0.4) is 0 Å². The molecule has 0 radical (unpaired) electrons. The summed E-state index contributed by atoms with van der Waals surface area (Å²) in [5, 5.41) is 3.22. The van der Waals surface area contributed by atoms with Crippen LogP contribution in [0, 0.1) is 6.92 Å². The van der Waals surface area contributed by atoms with E-state index in [2.05, 4.69) is 10.3 Å². The Hall–Kier alpha value is -1.42. The molecule has 1 amide bonds. The Morgan fingerprint density at radius 1 is 1.59 bits per heavy atom. The van der Waals surface area contributed by atoms with E-state index in [4.69, 9.17) is 0 Å². The predicted octanol–water partition coefficient (Wildman–Crippen LogP) is 1.35. The standard InChI is InChI=1S/C13H21N3O/c1-5-16(4)13(17)11(3)15-9-12-8-14-7-6-10(12)2/h6-8,11,15H,5,9H2,1-4H3. The topological polar surface area (TPSA) is 45.2 Å². The van der Waals surface area contributed by atoms with Crippen LogP contribution in [0.25, 0.3) is 0 Å². The summed E-state index contributed by atoms with van der Waals surface area (Å²) in [5.41, 5.74) is 2.32. The Balaban J connectivity index is 2.51. The molecule has 94 valence electrons. The number of nitrogens with one attached hydrogen (secondary N) is 1. The first-order valence-electron chi connectivity index (χ1n) is 5.94. The molecule has 0 saturated heterocycles. The number of hydrogen-bond acceptors (Lipinski definition) is 3. The summed E-state index contributed by atoms with van der Waals surface area (Å²) >= 11 is 0. The fourth-order valence-corrected chi connectivity index (χ4v) is 1.52. The molecule has 1 atom stereocenters. The van der Waals surface area contributed by atoms with Gasteiger partial charge in [-0.2, -0.15) is 0 Å². The summed E-state index contributed by atoms with van der Waals surface area (Å²) < 4.78 is 0. The van der Waals surface area contributed by atoms with Crippen LogP contribution in [0.2, 0.25) is 0 Å². The van der Waals surface area contributed by atoms with Gasteiger partial charge in [0.2, 0.25) is 5.91 Å². The maximum atomic E-state index is 11.8. The lowest BCUT2D eigenvalue weighted by molar-refractivity contribution is -0.131. The zero-order chi connectivity index (χ0) is 12.8. The van der Waals surface area contributed by atoms with Crippen molar-refractivity contribution in [2.75, 3.05) is 13.6 Å². The van der Waals surface area contributed by atoms with Crippen LogP contribution in [-0.2, 0) is 11.3 Å². The van der Waals surface area contributed by atoms with Crippen molar-refractivity contribution in [1.82, 2.24) is 15.2 Å². The first-order chi connectivity index (χ1) is 8.06. The molecule has 1 unspecified atom stereocenters. The van der Waals surface area contributed by atoms with Crippen LogP contribution in [0.4, 0.5) is 0 Å². The van der Waals surface area contributed by atoms with Gasteiger partial charge in [-0.25, -0.2) is 0 Å². The van der Waals surface area contributed by atoms with Gasteiger partial charge in [0.25, 0.3) is 0 Å². The SMILES string of the molecule is CCN(C)C(=O)C(C)NCc1cnccc1C. The molecule has 0 saturated carbocycles. The summed E-state index contributed by atoms with van der Waals surface area (Å²) in [6, 6.07) is 1.81. The van der Waals surface area contributed by atoms with Crippen LogP contribution < -0.4 is 5.32 Å². The third kappa shape index (κ3) is 3.82. The fraction of sp³-hybridized carbons (Fsp3) is 0.538. The summed E-state index contributed by atoms with van der Waals surface area (Å²) in [6.07, 6.45) is 3.61. The minimum Gasteiger partial charge on any atom is -0.345 e. The van der Waals surface area contributed by atoms with Crippen molar-refractivity contribution >= 4 is 5.91 Å². The summed E-state index contributed by atoms with van der Waals surface area (Å²) in [5.74, 6) is 0.119. The van der Waals surface area contributed by atoms with Gasteiger partial charge in [0.05, 0.1) is 6.04 Å². The molecule has 1 aromatic heterocycles. The van der Waals surface area contributed by atoms with Gasteiger partial charge in [0, 0.05) is 32.5 Å². The Bertz CT molecular complexity index is 379. The molecule has 0 bridgehead atoms. The molecule has 4 heteroatoms. The summed E-state index contributed by atoms with van der Waals surface area (Å²) in [4.78, 5) is 17.6. The van der Waals surface area contributed by atoms with Crippen molar-refractivity contribution in [2.45, 2.75) is 33.4 Å². The van der Waals surface area contributed by atoms with Gasteiger partial charge in [-0.3, -0.25) is 9.78 Å². The number of hydrogen-bond donors (Lipinski definition) is 1. The number of nitrogens with zero attached hydrogens (tertiary/aromatic N) is 2. The molecule has 0 aromatic carbocycles. The van der Waals surface area contributed by atoms with Gasteiger partial charge < -0.3 is 10.2 Å². The van der Waals surface area contributed by atoms with Gasteiger partial charge in [0.1, 0.15) is 0 Å². The van der Waals surface area contributed by atoms with Gasteiger partial charge in [-0.05, 0) is 38.0 Å². The number of carbonyl (C=O) groups excluding carboxylic acids is 1. The minimum atomic E-state index is -0.167. The Morgan fingerprint density at radius 2 is 2.29 bits per heavy atom. The number of likely N-dealkylation sites (N-methyl/N-ethyl adjacent to an activating group) is 1. The van der Waals surface area contributed by atoms with E-state index in [1.54, 1.807) is 11.1 Å². The monoisotopic (exact) mass is 235 g/mol. The quantitative estimate of drug-likeness (QED) is 0.838. The first-order valence-corrected chi connectivity index (χ1v) is 5.94. The number of pyridine rings is 1. The molecule has 0 spiro atoms. The van der Waals surface area contributed by atoms with Crippen LogP contribution in [-0.4, -0.2) is 35.4 Å². The number of carbonyl (C=O) groups is 1. The second-order valence-electron chi connectivity index (χ2n) is 4.26. The Morgan fingerprint density at radius 3 is 2.88 bits per heavy atom. The lowest BCUT2D eigenvalue weighted by atomic mass is 10.1. The van der Waals surface area contributed by atoms with Crippen molar-refractivity contribution in [3.8, 4) is 0 Å².